The smallest absolute Gasteiger partial charge is 0.279 e. The van der Waals surface area contributed by atoms with Crippen molar-refractivity contribution in [1.29, 1.82) is 0 Å². The molecule has 116 valence electrons. The third-order valence-electron chi connectivity index (χ3n) is 3.34. The standard InChI is InChI=1S/C16H14ClN5O/c1-21-14(11-6-5-7-12(17)10-11)19-15(20-16(21)23)22(18)13-8-3-2-4-9-13/h2-10H,18H2,1H3. The van der Waals surface area contributed by atoms with Crippen molar-refractivity contribution in [3.8, 4) is 11.4 Å². The average Bonchev–Trinajstić information content (AvgIpc) is 2.57. The molecule has 0 aliphatic rings. The van der Waals surface area contributed by atoms with Gasteiger partial charge >= 0.3 is 5.69 Å². The zero-order valence-corrected chi connectivity index (χ0v) is 13.1. The van der Waals surface area contributed by atoms with Gasteiger partial charge in [0.15, 0.2) is 0 Å². The Balaban J connectivity index is 2.12. The molecule has 0 fully saturated rings. The minimum absolute atomic E-state index is 0.120. The molecule has 2 N–H and O–H groups in total. The normalized spacial score (nSPS) is 10.6. The Hall–Kier alpha value is -2.70. The van der Waals surface area contributed by atoms with E-state index in [9.17, 15) is 4.79 Å². The summed E-state index contributed by atoms with van der Waals surface area (Å²) >= 11 is 6.02. The highest BCUT2D eigenvalue weighted by molar-refractivity contribution is 6.30. The van der Waals surface area contributed by atoms with Crippen molar-refractivity contribution in [2.45, 2.75) is 0 Å². The highest BCUT2D eigenvalue weighted by atomic mass is 35.5. The summed E-state index contributed by atoms with van der Waals surface area (Å²) in [6.07, 6.45) is 0. The lowest BCUT2D eigenvalue weighted by Crippen LogP contribution is -2.32. The number of hydrogen-bond donors (Lipinski definition) is 1. The molecule has 2 aromatic carbocycles. The van der Waals surface area contributed by atoms with Crippen LogP contribution < -0.4 is 16.5 Å². The van der Waals surface area contributed by atoms with Crippen molar-refractivity contribution in [3.63, 3.8) is 0 Å². The number of para-hydroxylation sites is 1. The largest absolute Gasteiger partial charge is 0.352 e. The van der Waals surface area contributed by atoms with Crippen LogP contribution in [-0.4, -0.2) is 14.5 Å². The SMILES string of the molecule is Cn1c(-c2cccc(Cl)c2)nc(N(N)c2ccccc2)nc1=O. The molecule has 3 rings (SSSR count). The van der Waals surface area contributed by atoms with Gasteiger partial charge in [-0.15, -0.1) is 0 Å². The molecule has 1 aromatic heterocycles. The summed E-state index contributed by atoms with van der Waals surface area (Å²) in [6.45, 7) is 0. The number of benzene rings is 2. The Morgan fingerprint density at radius 3 is 2.52 bits per heavy atom. The van der Waals surface area contributed by atoms with Gasteiger partial charge in [0, 0.05) is 17.6 Å². The van der Waals surface area contributed by atoms with Crippen LogP contribution in [0.5, 0.6) is 0 Å². The van der Waals surface area contributed by atoms with Gasteiger partial charge in [0.25, 0.3) is 5.95 Å². The molecule has 0 bridgehead atoms. The van der Waals surface area contributed by atoms with Gasteiger partial charge in [0.05, 0.1) is 5.69 Å². The number of nitrogens with zero attached hydrogens (tertiary/aromatic N) is 4. The van der Waals surface area contributed by atoms with Crippen molar-refractivity contribution < 1.29 is 0 Å². The Morgan fingerprint density at radius 1 is 1.09 bits per heavy atom. The fraction of sp³-hybridized carbons (Fsp3) is 0.0625. The van der Waals surface area contributed by atoms with Crippen molar-refractivity contribution >= 4 is 23.2 Å². The van der Waals surface area contributed by atoms with Gasteiger partial charge in [0.1, 0.15) is 5.82 Å². The average molecular weight is 328 g/mol. The van der Waals surface area contributed by atoms with Crippen LogP contribution in [0.25, 0.3) is 11.4 Å². The summed E-state index contributed by atoms with van der Waals surface area (Å²) in [5, 5.41) is 1.83. The van der Waals surface area contributed by atoms with Crippen molar-refractivity contribution in [1.82, 2.24) is 14.5 Å². The molecular formula is C16H14ClN5O. The van der Waals surface area contributed by atoms with Gasteiger partial charge < -0.3 is 0 Å². The highest BCUT2D eigenvalue weighted by Gasteiger charge is 2.14. The Bertz CT molecular complexity index is 894. The number of nitrogens with two attached hydrogens (primary N) is 1. The van der Waals surface area contributed by atoms with Crippen LogP contribution >= 0.6 is 11.6 Å². The number of aromatic nitrogens is 3. The number of halogens is 1. The summed E-state index contributed by atoms with van der Waals surface area (Å²) < 4.78 is 1.36. The van der Waals surface area contributed by atoms with E-state index < -0.39 is 5.69 Å². The van der Waals surface area contributed by atoms with Gasteiger partial charge in [-0.1, -0.05) is 41.9 Å². The molecule has 0 aliphatic heterocycles. The molecule has 1 heterocycles. The maximum atomic E-state index is 12.2. The maximum Gasteiger partial charge on any atom is 0.352 e. The highest BCUT2D eigenvalue weighted by Crippen LogP contribution is 2.22. The first-order valence-corrected chi connectivity index (χ1v) is 7.25. The molecule has 0 amide bonds. The molecule has 0 aliphatic carbocycles. The first-order valence-electron chi connectivity index (χ1n) is 6.87. The van der Waals surface area contributed by atoms with E-state index in [1.807, 2.05) is 24.3 Å². The molecule has 0 radical (unpaired) electrons. The zero-order valence-electron chi connectivity index (χ0n) is 12.3. The molecule has 3 aromatic rings. The summed E-state index contributed by atoms with van der Waals surface area (Å²) in [5.74, 6) is 6.60. The minimum atomic E-state index is -0.448. The van der Waals surface area contributed by atoms with Gasteiger partial charge in [-0.3, -0.25) is 4.57 Å². The maximum absolute atomic E-state index is 12.2. The number of hydrazine groups is 1. The van der Waals surface area contributed by atoms with E-state index in [0.717, 1.165) is 0 Å². The van der Waals surface area contributed by atoms with Crippen molar-refractivity contribution in [2.24, 2.45) is 12.9 Å². The molecule has 0 saturated carbocycles. The van der Waals surface area contributed by atoms with E-state index in [0.29, 0.717) is 22.1 Å². The summed E-state index contributed by atoms with van der Waals surface area (Å²) in [6, 6.07) is 16.3. The zero-order chi connectivity index (χ0) is 16.4. The molecular weight excluding hydrogens is 314 g/mol. The molecule has 0 atom stereocenters. The predicted octanol–water partition coefficient (Wildman–Crippen LogP) is 2.51. The Kier molecular flexibility index (Phi) is 4.10. The van der Waals surface area contributed by atoms with E-state index >= 15 is 0 Å². The fourth-order valence-electron chi connectivity index (χ4n) is 2.14. The van der Waals surface area contributed by atoms with Crippen LogP contribution in [-0.2, 0) is 7.05 Å². The first kappa shape index (κ1) is 15.2. The third-order valence-corrected chi connectivity index (χ3v) is 3.57. The van der Waals surface area contributed by atoms with Crippen LogP contribution in [0.4, 0.5) is 11.6 Å². The van der Waals surface area contributed by atoms with E-state index in [1.165, 1.54) is 9.58 Å². The first-order chi connectivity index (χ1) is 11.1. The summed E-state index contributed by atoms with van der Waals surface area (Å²) in [4.78, 5) is 20.5. The van der Waals surface area contributed by atoms with Gasteiger partial charge in [-0.2, -0.15) is 9.97 Å². The predicted molar refractivity (Wildman–Crippen MR) is 90.5 cm³/mol. The van der Waals surface area contributed by atoms with Crippen molar-refractivity contribution in [2.75, 3.05) is 5.01 Å². The van der Waals surface area contributed by atoms with E-state index in [-0.39, 0.29) is 5.95 Å². The minimum Gasteiger partial charge on any atom is -0.279 e. The summed E-state index contributed by atoms with van der Waals surface area (Å²) in [7, 11) is 1.60. The lowest BCUT2D eigenvalue weighted by molar-refractivity contribution is 0.772. The lowest BCUT2D eigenvalue weighted by Gasteiger charge is -2.17. The number of anilines is 2. The second-order valence-electron chi connectivity index (χ2n) is 4.90. The van der Waals surface area contributed by atoms with Gasteiger partial charge in [0.2, 0.25) is 0 Å². The van der Waals surface area contributed by atoms with Crippen LogP contribution in [0.3, 0.4) is 0 Å². The molecule has 23 heavy (non-hydrogen) atoms. The molecule has 0 saturated heterocycles. The molecule has 7 heteroatoms. The van der Waals surface area contributed by atoms with Crippen LogP contribution in [0.1, 0.15) is 0 Å². The number of hydrogen-bond acceptors (Lipinski definition) is 5. The second kappa shape index (κ2) is 6.20. The summed E-state index contributed by atoms with van der Waals surface area (Å²) in [5.41, 5.74) is 0.941. The topological polar surface area (TPSA) is 77.0 Å². The number of rotatable bonds is 3. The van der Waals surface area contributed by atoms with Crippen LogP contribution in [0.15, 0.2) is 59.4 Å². The van der Waals surface area contributed by atoms with Crippen LogP contribution in [0, 0.1) is 0 Å². The Morgan fingerprint density at radius 2 is 1.83 bits per heavy atom. The van der Waals surface area contributed by atoms with Gasteiger partial charge in [-0.05, 0) is 24.3 Å². The van der Waals surface area contributed by atoms with E-state index in [1.54, 1.807) is 37.4 Å². The molecule has 6 nitrogen and oxygen atoms in total. The van der Waals surface area contributed by atoms with E-state index in [4.69, 9.17) is 17.4 Å². The quantitative estimate of drug-likeness (QED) is 0.591. The second-order valence-corrected chi connectivity index (χ2v) is 5.34. The lowest BCUT2D eigenvalue weighted by atomic mass is 10.2. The molecule has 0 unspecified atom stereocenters. The fourth-order valence-corrected chi connectivity index (χ4v) is 2.33. The molecule has 0 spiro atoms. The van der Waals surface area contributed by atoms with E-state index in [2.05, 4.69) is 9.97 Å². The van der Waals surface area contributed by atoms with Crippen molar-refractivity contribution in [3.05, 3.63) is 70.1 Å². The Labute approximate surface area is 137 Å². The van der Waals surface area contributed by atoms with Gasteiger partial charge in [-0.25, -0.2) is 15.6 Å². The van der Waals surface area contributed by atoms with Crippen LogP contribution in [0.2, 0.25) is 5.02 Å². The third kappa shape index (κ3) is 3.08. The monoisotopic (exact) mass is 327 g/mol.